The molecule has 3 rings (SSSR count). The van der Waals surface area contributed by atoms with Crippen LogP contribution in [0.4, 0.5) is 0 Å². The van der Waals surface area contributed by atoms with Crippen molar-refractivity contribution in [3.63, 3.8) is 0 Å². The van der Waals surface area contributed by atoms with Gasteiger partial charge in [0, 0.05) is 0 Å². The van der Waals surface area contributed by atoms with Gasteiger partial charge in [0.2, 0.25) is 0 Å². The maximum Gasteiger partial charge on any atom is 0.115 e. The molecule has 0 saturated heterocycles. The van der Waals surface area contributed by atoms with Crippen molar-refractivity contribution in [2.45, 2.75) is 119 Å². The molecule has 0 radical (unpaired) electrons. The van der Waals surface area contributed by atoms with Crippen molar-refractivity contribution in [1.82, 2.24) is 0 Å². The molecule has 39 heavy (non-hydrogen) atoms. The summed E-state index contributed by atoms with van der Waals surface area (Å²) in [5, 5.41) is 27.1. The van der Waals surface area contributed by atoms with Crippen molar-refractivity contribution in [1.29, 1.82) is 0 Å². The van der Waals surface area contributed by atoms with Crippen molar-refractivity contribution in [2.75, 3.05) is 0 Å². The van der Waals surface area contributed by atoms with E-state index in [0.29, 0.717) is 17.2 Å². The first-order valence-electron chi connectivity index (χ1n) is 14.2. The Bertz CT molecular complexity index is 846. The second-order valence-electron chi connectivity index (χ2n) is 12.8. The van der Waals surface area contributed by atoms with Crippen LogP contribution >= 0.6 is 0 Å². The second kappa shape index (κ2) is 18.4. The fourth-order valence-electron chi connectivity index (χ4n) is 2.88. The molecule has 3 nitrogen and oxygen atoms in total. The van der Waals surface area contributed by atoms with Gasteiger partial charge in [-0.05, 0) is 69.3 Å². The molecule has 0 spiro atoms. The van der Waals surface area contributed by atoms with E-state index >= 15 is 0 Å². The number of hydrogen-bond donors (Lipinski definition) is 3. The summed E-state index contributed by atoms with van der Waals surface area (Å²) in [5.74, 6) is 0.994. The van der Waals surface area contributed by atoms with Gasteiger partial charge in [0.1, 0.15) is 17.2 Å². The van der Waals surface area contributed by atoms with Crippen molar-refractivity contribution >= 4 is 0 Å². The van der Waals surface area contributed by atoms with Gasteiger partial charge in [0.15, 0.2) is 0 Å². The summed E-state index contributed by atoms with van der Waals surface area (Å²) in [6, 6.07) is 22.1. The third-order valence-corrected chi connectivity index (χ3v) is 5.20. The number of phenols is 3. The van der Waals surface area contributed by atoms with Crippen LogP contribution in [0, 0.1) is 0 Å². The molecular weight excluding hydrogens is 480 g/mol. The molecule has 0 aromatic heterocycles. The van der Waals surface area contributed by atoms with Gasteiger partial charge in [-0.15, -0.1) is 0 Å². The molecule has 0 bridgehead atoms. The number of rotatable bonds is 0. The highest BCUT2D eigenvalue weighted by Crippen LogP contribution is 2.25. The van der Waals surface area contributed by atoms with Crippen molar-refractivity contribution in [3.05, 3.63) is 89.5 Å². The van der Waals surface area contributed by atoms with Crippen LogP contribution in [0.1, 0.15) is 120 Å². The lowest BCUT2D eigenvalue weighted by molar-refractivity contribution is 0.473. The maximum absolute atomic E-state index is 9.02. The zero-order chi connectivity index (χ0) is 30.9. The Kier molecular flexibility index (Phi) is 18.0. The molecular formula is C36H58O3. The predicted molar refractivity (Wildman–Crippen MR) is 172 cm³/mol. The van der Waals surface area contributed by atoms with Gasteiger partial charge < -0.3 is 15.3 Å². The summed E-state index contributed by atoms with van der Waals surface area (Å²) in [5.41, 5.74) is 4.26. The van der Waals surface area contributed by atoms with Crippen LogP contribution in [0.15, 0.2) is 72.8 Å². The molecule has 0 unspecified atom stereocenters. The van der Waals surface area contributed by atoms with E-state index in [1.54, 1.807) is 36.4 Å². The molecule has 3 heteroatoms. The smallest absolute Gasteiger partial charge is 0.115 e. The molecule has 0 aliphatic rings. The van der Waals surface area contributed by atoms with Crippen LogP contribution in [-0.4, -0.2) is 15.3 Å². The predicted octanol–water partition coefficient (Wildman–Crippen LogP) is 10.9. The van der Waals surface area contributed by atoms with E-state index in [4.69, 9.17) is 15.3 Å². The van der Waals surface area contributed by atoms with E-state index in [2.05, 4.69) is 90.0 Å². The monoisotopic (exact) mass is 538 g/mol. The lowest BCUT2D eigenvalue weighted by Gasteiger charge is -2.18. The first-order chi connectivity index (χ1) is 17.8. The summed E-state index contributed by atoms with van der Waals surface area (Å²) in [7, 11) is 0. The molecule has 3 aromatic rings. The number of phenolic OH excluding ortho intramolecular Hbond substituents is 3. The summed E-state index contributed by atoms with van der Waals surface area (Å²) < 4.78 is 0. The molecule has 0 heterocycles. The van der Waals surface area contributed by atoms with Gasteiger partial charge in [-0.1, -0.05) is 139 Å². The fourth-order valence-corrected chi connectivity index (χ4v) is 2.88. The van der Waals surface area contributed by atoms with Crippen LogP contribution in [-0.2, 0) is 16.2 Å². The molecule has 0 aliphatic carbocycles. The molecule has 0 amide bonds. The highest BCUT2D eigenvalue weighted by molar-refractivity contribution is 5.31. The van der Waals surface area contributed by atoms with Gasteiger partial charge in [0.05, 0.1) is 0 Å². The van der Waals surface area contributed by atoms with Gasteiger partial charge in [0.25, 0.3) is 0 Å². The average Bonchev–Trinajstić information content (AvgIpc) is 2.80. The van der Waals surface area contributed by atoms with Crippen LogP contribution in [0.25, 0.3) is 0 Å². The summed E-state index contributed by atoms with van der Waals surface area (Å²) in [4.78, 5) is 0. The molecule has 0 saturated carbocycles. The fraction of sp³-hybridized carbons (Fsp3) is 0.500. The van der Waals surface area contributed by atoms with E-state index in [0.717, 1.165) is 0 Å². The van der Waals surface area contributed by atoms with E-state index < -0.39 is 0 Å². The Morgan fingerprint density at radius 3 is 0.590 bits per heavy atom. The van der Waals surface area contributed by atoms with E-state index in [1.165, 1.54) is 29.5 Å². The minimum Gasteiger partial charge on any atom is -0.508 e. The molecule has 0 atom stereocenters. The lowest BCUT2D eigenvalue weighted by atomic mass is 9.87. The number of benzene rings is 3. The minimum absolute atomic E-state index is 0.174. The van der Waals surface area contributed by atoms with Crippen LogP contribution < -0.4 is 0 Å². The standard InChI is InChI=1S/3C10H14O.2C3H8/c3*1-10(2,3)8-4-6-9(11)7-5-8;2*1-3-2/h3*4-7,11H,1-3H3;2*3H2,1-2H3. The summed E-state index contributed by atoms with van der Waals surface area (Å²) >= 11 is 0. The quantitative estimate of drug-likeness (QED) is 0.267. The Balaban J connectivity index is 0. The van der Waals surface area contributed by atoms with Gasteiger partial charge in [-0.25, -0.2) is 0 Å². The highest BCUT2D eigenvalue weighted by Gasteiger charge is 2.13. The zero-order valence-corrected chi connectivity index (χ0v) is 27.2. The van der Waals surface area contributed by atoms with E-state index in [-0.39, 0.29) is 16.2 Å². The average molecular weight is 539 g/mol. The van der Waals surface area contributed by atoms with Crippen molar-refractivity contribution in [2.24, 2.45) is 0 Å². The Morgan fingerprint density at radius 1 is 0.359 bits per heavy atom. The Labute approximate surface area is 241 Å². The van der Waals surface area contributed by atoms with Crippen molar-refractivity contribution in [3.8, 4) is 17.2 Å². The van der Waals surface area contributed by atoms with Gasteiger partial charge in [-0.2, -0.15) is 0 Å². The largest absolute Gasteiger partial charge is 0.508 e. The minimum atomic E-state index is 0.174. The first kappa shape index (κ1) is 38.2. The zero-order valence-electron chi connectivity index (χ0n) is 27.2. The second-order valence-corrected chi connectivity index (χ2v) is 12.8. The molecule has 3 N–H and O–H groups in total. The number of hydrogen-bond acceptors (Lipinski definition) is 3. The van der Waals surface area contributed by atoms with Crippen molar-refractivity contribution < 1.29 is 15.3 Å². The molecule has 3 aromatic carbocycles. The topological polar surface area (TPSA) is 60.7 Å². The van der Waals surface area contributed by atoms with Crippen LogP contribution in [0.3, 0.4) is 0 Å². The maximum atomic E-state index is 9.02. The Morgan fingerprint density at radius 2 is 0.487 bits per heavy atom. The summed E-state index contributed by atoms with van der Waals surface area (Å²) in [6.45, 7) is 27.9. The van der Waals surface area contributed by atoms with Gasteiger partial charge in [-0.3, -0.25) is 0 Å². The summed E-state index contributed by atoms with van der Waals surface area (Å²) in [6.07, 6.45) is 2.50. The SMILES string of the molecule is CC(C)(C)c1ccc(O)cc1.CC(C)(C)c1ccc(O)cc1.CC(C)(C)c1ccc(O)cc1.CCC.CCC. The highest BCUT2D eigenvalue weighted by atomic mass is 16.3. The van der Waals surface area contributed by atoms with E-state index in [1.807, 2.05) is 36.4 Å². The molecule has 0 aliphatic heterocycles. The van der Waals surface area contributed by atoms with E-state index in [9.17, 15) is 0 Å². The molecule has 220 valence electrons. The number of aromatic hydroxyl groups is 3. The third-order valence-electron chi connectivity index (χ3n) is 5.20. The van der Waals surface area contributed by atoms with Crippen LogP contribution in [0.5, 0.6) is 17.2 Å². The lowest BCUT2D eigenvalue weighted by Crippen LogP contribution is -2.10. The van der Waals surface area contributed by atoms with Crippen LogP contribution in [0.2, 0.25) is 0 Å². The first-order valence-corrected chi connectivity index (χ1v) is 14.2. The molecule has 0 fully saturated rings. The van der Waals surface area contributed by atoms with Gasteiger partial charge >= 0.3 is 0 Å². The Hall–Kier alpha value is -2.94. The third kappa shape index (κ3) is 18.9. The normalized spacial score (nSPS) is 10.7.